The first-order chi connectivity index (χ1) is 6.98. The minimum absolute atomic E-state index is 0.304. The summed E-state index contributed by atoms with van der Waals surface area (Å²) >= 11 is 0. The van der Waals surface area contributed by atoms with Gasteiger partial charge in [0.2, 0.25) is 0 Å². The maximum Gasteiger partial charge on any atom is 0.123 e. The van der Waals surface area contributed by atoms with Crippen molar-refractivity contribution in [2.24, 2.45) is 5.73 Å². The fourth-order valence-corrected chi connectivity index (χ4v) is 1.66. The molecular weight excluding hydrogens is 186 g/mol. The van der Waals surface area contributed by atoms with Gasteiger partial charge in [-0.05, 0) is 36.9 Å². The van der Waals surface area contributed by atoms with Crippen LogP contribution < -0.4 is 5.73 Å². The van der Waals surface area contributed by atoms with E-state index in [2.05, 4.69) is 0 Å². The number of phenols is 1. The van der Waals surface area contributed by atoms with Gasteiger partial charge in [0.05, 0.1) is 0 Å². The minimum atomic E-state index is -0.379. The highest BCUT2D eigenvalue weighted by Gasteiger charge is 2.14. The van der Waals surface area contributed by atoms with E-state index in [4.69, 9.17) is 5.73 Å². The second-order valence-corrected chi connectivity index (χ2v) is 4.43. The van der Waals surface area contributed by atoms with Crippen molar-refractivity contribution in [1.82, 2.24) is 0 Å². The molecule has 0 atom stereocenters. The summed E-state index contributed by atoms with van der Waals surface area (Å²) < 4.78 is 0. The lowest BCUT2D eigenvalue weighted by molar-refractivity contribution is 0.481. The predicted molar refractivity (Wildman–Crippen MR) is 62.8 cm³/mol. The molecule has 2 heteroatoms. The Morgan fingerprint density at radius 1 is 1.13 bits per heavy atom. The third-order valence-electron chi connectivity index (χ3n) is 2.60. The molecule has 15 heavy (non-hydrogen) atoms. The number of phenolic OH excluding ortho intramolecular Hbond substituents is 1. The summed E-state index contributed by atoms with van der Waals surface area (Å²) in [4.78, 5) is 0. The van der Waals surface area contributed by atoms with Crippen LogP contribution in [0.2, 0.25) is 0 Å². The molecule has 78 valence electrons. The standard InChI is InChI=1S/C13H15NO/c1-13(2,14)10-7-6-9-4-3-5-12(15)11(9)8-10/h3-8,15H,14H2,1-2H3. The molecule has 0 aliphatic rings. The summed E-state index contributed by atoms with van der Waals surface area (Å²) in [7, 11) is 0. The molecule has 0 heterocycles. The van der Waals surface area contributed by atoms with Gasteiger partial charge < -0.3 is 10.8 Å². The highest BCUT2D eigenvalue weighted by Crippen LogP contribution is 2.28. The van der Waals surface area contributed by atoms with E-state index in [0.717, 1.165) is 16.3 Å². The van der Waals surface area contributed by atoms with Crippen molar-refractivity contribution in [2.45, 2.75) is 19.4 Å². The van der Waals surface area contributed by atoms with Crippen molar-refractivity contribution < 1.29 is 5.11 Å². The highest BCUT2D eigenvalue weighted by molar-refractivity contribution is 5.88. The average Bonchev–Trinajstić information content (AvgIpc) is 2.16. The Bertz CT molecular complexity index is 497. The van der Waals surface area contributed by atoms with Crippen LogP contribution in [-0.2, 0) is 5.54 Å². The zero-order valence-corrected chi connectivity index (χ0v) is 8.99. The van der Waals surface area contributed by atoms with Crippen molar-refractivity contribution >= 4 is 10.8 Å². The van der Waals surface area contributed by atoms with E-state index >= 15 is 0 Å². The molecule has 0 unspecified atom stereocenters. The maximum atomic E-state index is 9.72. The van der Waals surface area contributed by atoms with Crippen LogP contribution in [0.5, 0.6) is 5.75 Å². The predicted octanol–water partition coefficient (Wildman–Crippen LogP) is 2.74. The molecule has 2 rings (SSSR count). The molecular formula is C13H15NO. The minimum Gasteiger partial charge on any atom is -0.507 e. The molecule has 2 nitrogen and oxygen atoms in total. The number of hydrogen-bond donors (Lipinski definition) is 2. The fraction of sp³-hybridized carbons (Fsp3) is 0.231. The highest BCUT2D eigenvalue weighted by atomic mass is 16.3. The molecule has 0 bridgehead atoms. The van der Waals surface area contributed by atoms with Gasteiger partial charge in [0, 0.05) is 10.9 Å². The van der Waals surface area contributed by atoms with Crippen LogP contribution in [0.15, 0.2) is 36.4 Å². The first-order valence-corrected chi connectivity index (χ1v) is 4.99. The summed E-state index contributed by atoms with van der Waals surface area (Å²) in [6, 6.07) is 11.4. The molecule has 0 aliphatic heterocycles. The molecule has 0 aromatic heterocycles. The second-order valence-electron chi connectivity index (χ2n) is 4.43. The van der Waals surface area contributed by atoms with Crippen LogP contribution in [-0.4, -0.2) is 5.11 Å². The van der Waals surface area contributed by atoms with E-state index in [9.17, 15) is 5.11 Å². The summed E-state index contributed by atoms with van der Waals surface area (Å²) in [6.07, 6.45) is 0. The SMILES string of the molecule is CC(C)(N)c1ccc2cccc(O)c2c1. The topological polar surface area (TPSA) is 46.2 Å². The molecule has 0 aliphatic carbocycles. The lowest BCUT2D eigenvalue weighted by Crippen LogP contribution is -2.28. The van der Waals surface area contributed by atoms with Crippen LogP contribution in [0, 0.1) is 0 Å². The largest absolute Gasteiger partial charge is 0.507 e. The Morgan fingerprint density at radius 2 is 1.87 bits per heavy atom. The van der Waals surface area contributed by atoms with E-state index in [1.54, 1.807) is 6.07 Å². The summed E-state index contributed by atoms with van der Waals surface area (Å²) in [6.45, 7) is 3.91. The summed E-state index contributed by atoms with van der Waals surface area (Å²) in [5.41, 5.74) is 6.66. The molecule has 2 aromatic carbocycles. The van der Waals surface area contributed by atoms with Gasteiger partial charge in [0.1, 0.15) is 5.75 Å². The van der Waals surface area contributed by atoms with E-state index in [0.29, 0.717) is 5.75 Å². The molecule has 3 N–H and O–H groups in total. The Morgan fingerprint density at radius 3 is 2.53 bits per heavy atom. The van der Waals surface area contributed by atoms with Gasteiger partial charge in [-0.25, -0.2) is 0 Å². The smallest absolute Gasteiger partial charge is 0.123 e. The van der Waals surface area contributed by atoms with Crippen LogP contribution in [0.4, 0.5) is 0 Å². The number of hydrogen-bond acceptors (Lipinski definition) is 2. The summed E-state index contributed by atoms with van der Waals surface area (Å²) in [5.74, 6) is 0.304. The van der Waals surface area contributed by atoms with E-state index in [1.807, 2.05) is 44.2 Å². The van der Waals surface area contributed by atoms with Crippen LogP contribution in [0.25, 0.3) is 10.8 Å². The van der Waals surface area contributed by atoms with E-state index in [1.165, 1.54) is 0 Å². The normalized spacial score (nSPS) is 11.9. The Hall–Kier alpha value is -1.54. The molecule has 0 saturated heterocycles. The number of rotatable bonds is 1. The zero-order chi connectivity index (χ0) is 11.1. The number of nitrogens with two attached hydrogens (primary N) is 1. The van der Waals surface area contributed by atoms with E-state index in [-0.39, 0.29) is 5.54 Å². The second kappa shape index (κ2) is 3.24. The Balaban J connectivity index is 2.70. The Kier molecular flexibility index (Phi) is 2.16. The first kappa shape index (κ1) is 9.99. The monoisotopic (exact) mass is 201 g/mol. The van der Waals surface area contributed by atoms with Crippen molar-refractivity contribution in [3.05, 3.63) is 42.0 Å². The molecule has 0 saturated carbocycles. The first-order valence-electron chi connectivity index (χ1n) is 4.99. The quantitative estimate of drug-likeness (QED) is 0.745. The molecule has 2 aromatic rings. The van der Waals surface area contributed by atoms with Gasteiger partial charge in [-0.1, -0.05) is 24.3 Å². The maximum absolute atomic E-state index is 9.72. The molecule has 0 spiro atoms. The van der Waals surface area contributed by atoms with Gasteiger partial charge >= 0.3 is 0 Å². The van der Waals surface area contributed by atoms with Crippen LogP contribution in [0.3, 0.4) is 0 Å². The van der Waals surface area contributed by atoms with Gasteiger partial charge in [-0.2, -0.15) is 0 Å². The van der Waals surface area contributed by atoms with E-state index < -0.39 is 0 Å². The zero-order valence-electron chi connectivity index (χ0n) is 8.99. The Labute approximate surface area is 89.3 Å². The van der Waals surface area contributed by atoms with Crippen LogP contribution in [0.1, 0.15) is 19.4 Å². The lowest BCUT2D eigenvalue weighted by atomic mass is 9.93. The van der Waals surface area contributed by atoms with Crippen LogP contribution >= 0.6 is 0 Å². The number of benzene rings is 2. The molecule has 0 amide bonds. The average molecular weight is 201 g/mol. The van der Waals surface area contributed by atoms with Gasteiger partial charge in [0.15, 0.2) is 0 Å². The third kappa shape index (κ3) is 1.81. The van der Waals surface area contributed by atoms with Crippen molar-refractivity contribution in [3.8, 4) is 5.75 Å². The summed E-state index contributed by atoms with van der Waals surface area (Å²) in [5, 5.41) is 11.6. The van der Waals surface area contributed by atoms with Gasteiger partial charge in [0.25, 0.3) is 0 Å². The number of fused-ring (bicyclic) bond motifs is 1. The molecule has 0 fully saturated rings. The van der Waals surface area contributed by atoms with Gasteiger partial charge in [-0.15, -0.1) is 0 Å². The lowest BCUT2D eigenvalue weighted by Gasteiger charge is -2.19. The third-order valence-corrected chi connectivity index (χ3v) is 2.60. The van der Waals surface area contributed by atoms with Crippen molar-refractivity contribution in [1.29, 1.82) is 0 Å². The van der Waals surface area contributed by atoms with Crippen molar-refractivity contribution in [2.75, 3.05) is 0 Å². The number of aromatic hydroxyl groups is 1. The van der Waals surface area contributed by atoms with Crippen molar-refractivity contribution in [3.63, 3.8) is 0 Å². The molecule has 0 radical (unpaired) electrons. The fourth-order valence-electron chi connectivity index (χ4n) is 1.66. The van der Waals surface area contributed by atoms with Gasteiger partial charge in [-0.3, -0.25) is 0 Å².